The van der Waals surface area contributed by atoms with Crippen LogP contribution < -0.4 is 10.2 Å². The van der Waals surface area contributed by atoms with Crippen LogP contribution in [0.5, 0.6) is 0 Å². The van der Waals surface area contributed by atoms with Gasteiger partial charge in [0, 0.05) is 83.0 Å². The number of rotatable bonds is 24. The van der Waals surface area contributed by atoms with Gasteiger partial charge in [-0.1, -0.05) is 160 Å². The summed E-state index contributed by atoms with van der Waals surface area (Å²) in [6, 6.07) is 43.0. The number of nitrogens with one attached hydrogen (secondary N) is 2. The van der Waals surface area contributed by atoms with Crippen molar-refractivity contribution < 1.29 is 67.1 Å². The smallest absolute Gasteiger partial charge is 0.160 e. The summed E-state index contributed by atoms with van der Waals surface area (Å²) < 4.78 is 0. The first kappa shape index (κ1) is 116. The molecule has 10 nitrogen and oxygen atoms in total. The Bertz CT molecular complexity index is 3320. The van der Waals surface area contributed by atoms with Crippen LogP contribution in [0.3, 0.4) is 0 Å². The van der Waals surface area contributed by atoms with E-state index in [1.54, 1.807) is 0 Å². The molecule has 8 rings (SSSR count). The Kier molecular flexibility index (Phi) is 59.3. The van der Waals surface area contributed by atoms with Crippen LogP contribution >= 0.6 is 32.0 Å². The van der Waals surface area contributed by atoms with Gasteiger partial charge in [0.2, 0.25) is 0 Å². The van der Waals surface area contributed by atoms with Crippen LogP contribution in [0.1, 0.15) is 290 Å². The molecule has 0 bridgehead atoms. The van der Waals surface area contributed by atoms with Gasteiger partial charge in [-0.2, -0.15) is 0 Å². The van der Waals surface area contributed by atoms with E-state index in [1.165, 1.54) is 99.0 Å². The van der Waals surface area contributed by atoms with E-state index in [0.29, 0.717) is 34.7 Å². The van der Waals surface area contributed by atoms with Gasteiger partial charge in [0.15, 0.2) is 11.6 Å². The quantitative estimate of drug-likeness (QED) is 0.0269. The molecule has 2 aromatic carbocycles. The topological polar surface area (TPSA) is 125 Å². The summed E-state index contributed by atoms with van der Waals surface area (Å²) in [5.41, 5.74) is 20.9. The predicted molar refractivity (Wildman–Crippen MR) is 506 cm³/mol. The third kappa shape index (κ3) is 43.3. The number of benzene rings is 2. The molecule has 112 heavy (non-hydrogen) atoms. The monoisotopic (exact) mass is 1800 g/mol. The number of hydrogen-bond donors (Lipinski definition) is 2. The van der Waals surface area contributed by atoms with Crippen molar-refractivity contribution in [3.63, 3.8) is 0 Å². The van der Waals surface area contributed by atoms with Crippen molar-refractivity contribution in [2.75, 3.05) is 10.2 Å². The minimum absolute atomic E-state index is 0. The molecule has 2 N–H and O–H groups in total. The molecular weight excluding hydrogens is 1640 g/mol. The van der Waals surface area contributed by atoms with Crippen molar-refractivity contribution in [1.29, 1.82) is 0 Å². The standard InChI is InChI=1S/C29H35N3.C21H31N3.C19H35NP2.C17H33N3P2.C4H11Si.3CH3.4Co/c1-20(30-26-16-11-9-14-22(26)28(3,4)5)24-18-13-19-25(32-24)21(2)31-27-17-12-10-15-23(27)29(6,7)8;1-16(22-18-10-5-3-6-11-18)20-14-9-15-21(24-20)17(2)23-19-12-7-4-8-13-19;1-14(2)21(15(3)4)12-18-10-9-11-19(20-18)13-22(16(5)6)17(7)8;1-12(2)21(13(3)4)19-16-10-9-11-17(18-16)20-22(14(5)6)15(7)8;1-5(2,3)4;;;;;;;/h9-19H,1-8H3;9,14-15,18-19H,3-8,10-13H2,1-2H3;9-11,14-17H,12-13H2,1-8H3;9-15H,1-8H3,(H2,18,19,20);1H2,2-4H3;3*1H3;;;;/q;;;;4*-1;;;;/p+4. The fraction of sp³-hybridized carbons (Fsp3) is 0.570. The number of hydrogen-bond acceptors (Lipinski definition) is 10. The molecule has 2 saturated carbocycles. The minimum Gasteiger partial charge on any atom is -0.358 e. The molecular formula is C93H158Co4N10P4Si. The number of pyridine rings is 4. The Morgan fingerprint density at radius 1 is 0.384 bits per heavy atom. The Hall–Kier alpha value is -2.72. The molecule has 0 aliphatic heterocycles. The first-order valence-corrected chi connectivity index (χ1v) is 51.0. The molecule has 4 heterocycles. The van der Waals surface area contributed by atoms with E-state index in [2.05, 4.69) is 294 Å². The molecule has 4 radical (unpaired) electrons. The Morgan fingerprint density at radius 3 is 0.929 bits per heavy atom. The average Bonchev–Trinajstić information content (AvgIpc) is 0.815. The maximum absolute atomic E-state index is 5.03. The van der Waals surface area contributed by atoms with Gasteiger partial charge in [0.25, 0.3) is 0 Å². The van der Waals surface area contributed by atoms with Crippen molar-refractivity contribution in [2.45, 2.75) is 344 Å². The van der Waals surface area contributed by atoms with E-state index in [9.17, 15) is 0 Å². The minimum atomic E-state index is -0.861. The largest absolute Gasteiger partial charge is 0.358 e. The summed E-state index contributed by atoms with van der Waals surface area (Å²) in [4.78, 5) is 39.3. The second-order valence-corrected chi connectivity index (χ2v) is 54.9. The molecule has 2 fully saturated rings. The number of aromatic nitrogens is 4. The zero-order valence-corrected chi connectivity index (χ0v) is 85.1. The normalized spacial score (nSPS) is 13.9. The molecule has 6 aromatic rings. The van der Waals surface area contributed by atoms with Crippen molar-refractivity contribution in [2.24, 2.45) is 20.0 Å². The first-order chi connectivity index (χ1) is 49.1. The van der Waals surface area contributed by atoms with Crippen LogP contribution in [-0.2, 0) is 90.3 Å². The van der Waals surface area contributed by atoms with Gasteiger partial charge in [-0.15, -0.1) is 8.07 Å². The summed E-state index contributed by atoms with van der Waals surface area (Å²) in [7, 11) is -2.86. The Labute approximate surface area is 736 Å². The summed E-state index contributed by atoms with van der Waals surface area (Å²) in [5, 5.41) is 7.42. The van der Waals surface area contributed by atoms with Crippen molar-refractivity contribution in [3.05, 3.63) is 195 Å². The van der Waals surface area contributed by atoms with E-state index in [-0.39, 0.29) is 116 Å². The summed E-state index contributed by atoms with van der Waals surface area (Å²) >= 11 is 0. The molecule has 0 saturated heterocycles. The van der Waals surface area contributed by atoms with Crippen LogP contribution in [0.15, 0.2) is 141 Å². The van der Waals surface area contributed by atoms with Gasteiger partial charge in [-0.3, -0.25) is 25.0 Å². The van der Waals surface area contributed by atoms with E-state index in [0.717, 1.165) is 91.3 Å². The third-order valence-electron chi connectivity index (χ3n) is 19.3. The number of anilines is 2. The molecule has 2 aliphatic carbocycles. The van der Waals surface area contributed by atoms with Crippen LogP contribution in [0, 0.1) is 28.8 Å². The third-order valence-corrected chi connectivity index (χ3v) is 32.8. The summed E-state index contributed by atoms with van der Waals surface area (Å²) in [5.74, 6) is 2.05. The predicted octanol–water partition coefficient (Wildman–Crippen LogP) is 28.3. The molecule has 4 aromatic heterocycles. The summed E-state index contributed by atoms with van der Waals surface area (Å²) in [6.07, 6.45) is 15.4. The van der Waals surface area contributed by atoms with Crippen molar-refractivity contribution >= 4 is 85.9 Å². The van der Waals surface area contributed by atoms with Gasteiger partial charge < -0.3 is 28.8 Å². The van der Waals surface area contributed by atoms with Crippen molar-refractivity contribution in [1.82, 2.24) is 19.9 Å². The van der Waals surface area contributed by atoms with E-state index < -0.39 is 24.2 Å². The van der Waals surface area contributed by atoms with Gasteiger partial charge >= 0.3 is 0 Å². The molecule has 640 valence electrons. The van der Waals surface area contributed by atoms with Crippen LogP contribution in [-0.4, -0.2) is 108 Å². The van der Waals surface area contributed by atoms with E-state index >= 15 is 0 Å². The fourth-order valence-electron chi connectivity index (χ4n) is 13.7. The molecule has 0 spiro atoms. The first-order valence-electron chi connectivity index (χ1n) is 40.2. The van der Waals surface area contributed by atoms with Crippen LogP contribution in [0.25, 0.3) is 0 Å². The maximum Gasteiger partial charge on any atom is 0.160 e. The van der Waals surface area contributed by atoms with E-state index in [1.807, 2.05) is 44.2 Å². The van der Waals surface area contributed by atoms with Gasteiger partial charge in [0.1, 0.15) is 0 Å². The van der Waals surface area contributed by atoms with Gasteiger partial charge in [-0.25, -0.2) is 25.1 Å². The fourth-order valence-corrected chi connectivity index (χ4v) is 24.0. The SMILES string of the molecule is CC(=NC1CCCCC1)c1cccc(C(C)=NC2CCCCC2)n1.CC(=Nc1ccccc1C(C)(C)C)c1cccc(C(C)=Nc2ccccc2C(C)(C)C)n1.CC(C)[PH+](Cc1cccc(C[PH+](C(C)C)C(C)C)n1)C(C)C.CC(C)[PH+](Nc1cccc(N[PH+](C(C)C)C(C)C)n1)C(C)C.[CH2-][Si](C)(C)C.[CH3-].[CH3-].[CH3-].[Co].[Co].[Co].[Co]. The molecule has 2 aliphatic rings. The van der Waals surface area contributed by atoms with Crippen molar-refractivity contribution in [3.8, 4) is 0 Å². The number of nitrogens with zero attached hydrogens (tertiary/aromatic N) is 8. The second kappa shape index (κ2) is 57.5. The second-order valence-electron chi connectivity index (χ2n) is 35.2. The molecule has 0 unspecified atom stereocenters. The zero-order valence-electron chi connectivity index (χ0n) is 75.9. The average molecular weight is 1800 g/mol. The van der Waals surface area contributed by atoms with Crippen LogP contribution in [0.4, 0.5) is 23.0 Å². The van der Waals surface area contributed by atoms with Gasteiger partial charge in [-0.05, 0) is 247 Å². The molecule has 0 atom stereocenters. The molecule has 0 amide bonds. The Morgan fingerprint density at radius 2 is 0.652 bits per heavy atom. The Balaban J connectivity index is -0.000000673. The van der Waals surface area contributed by atoms with Gasteiger partial charge in [0.05, 0.1) is 154 Å². The van der Waals surface area contributed by atoms with Crippen LogP contribution in [0.2, 0.25) is 19.6 Å². The maximum atomic E-state index is 5.03. The zero-order chi connectivity index (χ0) is 78.5. The molecule has 19 heteroatoms. The number of aliphatic imine (C=N–C) groups is 4. The number of para-hydroxylation sites is 2. The van der Waals surface area contributed by atoms with E-state index in [4.69, 9.17) is 39.9 Å². The summed E-state index contributed by atoms with van der Waals surface area (Å²) in [6.45, 7) is 69.6.